The number of rotatable bonds is 11. The first-order chi connectivity index (χ1) is 16.6. The van der Waals surface area contributed by atoms with Crippen LogP contribution in [0.1, 0.15) is 56.2 Å². The quantitative estimate of drug-likeness (QED) is 0.255. The molecule has 2 aliphatic heterocycles. The average molecular weight is 513 g/mol. The van der Waals surface area contributed by atoms with E-state index in [0.29, 0.717) is 12.2 Å². The van der Waals surface area contributed by atoms with E-state index in [1.165, 1.54) is 23.9 Å². The van der Waals surface area contributed by atoms with Crippen molar-refractivity contribution in [3.8, 4) is 0 Å². The van der Waals surface area contributed by atoms with Crippen LogP contribution in [0.4, 0.5) is 13.2 Å². The number of fused-ring (bicyclic) bond motifs is 1. The Morgan fingerprint density at radius 3 is 2.57 bits per heavy atom. The van der Waals surface area contributed by atoms with Crippen molar-refractivity contribution in [1.82, 2.24) is 10.2 Å². The van der Waals surface area contributed by atoms with Crippen molar-refractivity contribution >= 4 is 29.5 Å². The summed E-state index contributed by atoms with van der Waals surface area (Å²) in [7, 11) is 0. The highest BCUT2D eigenvalue weighted by molar-refractivity contribution is 7.98. The minimum absolute atomic E-state index is 0.0594. The molecule has 2 amide bonds. The summed E-state index contributed by atoms with van der Waals surface area (Å²) in [4.78, 5) is 40.5. The molecule has 0 spiro atoms. The summed E-state index contributed by atoms with van der Waals surface area (Å²) in [5.41, 5.74) is -2.49. The van der Waals surface area contributed by atoms with Crippen LogP contribution < -0.4 is 5.32 Å². The number of hydrogen-bond acceptors (Lipinski definition) is 5. The summed E-state index contributed by atoms with van der Waals surface area (Å²) in [6.45, 7) is 2.19. The average Bonchev–Trinajstić information content (AvgIpc) is 3.29. The topological polar surface area (TPSA) is 86.7 Å². The second kappa shape index (κ2) is 11.2. The second-order valence-corrected chi connectivity index (χ2v) is 9.98. The molecule has 35 heavy (non-hydrogen) atoms. The molecule has 1 aromatic carbocycles. The van der Waals surface area contributed by atoms with Crippen LogP contribution in [-0.4, -0.2) is 51.9 Å². The number of carboxylic acid groups (broad SMARTS) is 1. The van der Waals surface area contributed by atoms with Crippen molar-refractivity contribution < 1.29 is 32.7 Å². The predicted molar refractivity (Wildman–Crippen MR) is 128 cm³/mol. The van der Waals surface area contributed by atoms with Crippen LogP contribution in [0.3, 0.4) is 0 Å². The fraction of sp³-hybridized carbons (Fsp3) is 0.560. The Kier molecular flexibility index (Phi) is 8.69. The van der Waals surface area contributed by atoms with Crippen molar-refractivity contribution in [2.75, 3.05) is 18.6 Å². The molecule has 4 atom stereocenters. The van der Waals surface area contributed by atoms with Gasteiger partial charge in [0.1, 0.15) is 5.54 Å². The summed E-state index contributed by atoms with van der Waals surface area (Å²) in [6.07, 6.45) is 4.55. The molecule has 10 heteroatoms. The van der Waals surface area contributed by atoms with Crippen molar-refractivity contribution in [1.29, 1.82) is 0 Å². The van der Waals surface area contributed by atoms with Crippen LogP contribution in [0, 0.1) is 11.8 Å². The van der Waals surface area contributed by atoms with Gasteiger partial charge in [0.15, 0.2) is 0 Å². The lowest BCUT2D eigenvalue weighted by Crippen LogP contribution is -2.56. The Labute approximate surface area is 207 Å². The summed E-state index contributed by atoms with van der Waals surface area (Å²) in [5.74, 6) is -4.27. The fourth-order valence-corrected chi connectivity index (χ4v) is 5.56. The molecule has 192 valence electrons. The monoisotopic (exact) mass is 512 g/mol. The number of amides is 2. The third-order valence-electron chi connectivity index (χ3n) is 6.81. The largest absolute Gasteiger partial charge is 0.480 e. The van der Waals surface area contributed by atoms with E-state index in [1.807, 2.05) is 12.2 Å². The zero-order chi connectivity index (χ0) is 25.8. The molecule has 0 saturated carbocycles. The molecule has 2 N–H and O–H groups in total. The lowest BCUT2D eigenvalue weighted by atomic mass is 9.78. The van der Waals surface area contributed by atoms with E-state index in [0.717, 1.165) is 36.3 Å². The number of carboxylic acids is 1. The molecule has 3 rings (SSSR count). The Morgan fingerprint density at radius 1 is 1.23 bits per heavy atom. The molecule has 1 aromatic rings. The molecule has 6 nitrogen and oxygen atoms in total. The zero-order valence-electron chi connectivity index (χ0n) is 19.8. The summed E-state index contributed by atoms with van der Waals surface area (Å²) >= 11 is 1.40. The van der Waals surface area contributed by atoms with Gasteiger partial charge in [0.25, 0.3) is 0 Å². The molecule has 2 saturated heterocycles. The van der Waals surface area contributed by atoms with Crippen LogP contribution in [0.2, 0.25) is 0 Å². The third kappa shape index (κ3) is 5.43. The van der Waals surface area contributed by atoms with E-state index < -0.39 is 52.9 Å². The van der Waals surface area contributed by atoms with E-state index in [-0.39, 0.29) is 18.5 Å². The van der Waals surface area contributed by atoms with Gasteiger partial charge in [-0.25, -0.2) is 0 Å². The normalized spacial score (nSPS) is 26.7. The maximum atomic E-state index is 13.4. The van der Waals surface area contributed by atoms with Crippen molar-refractivity contribution in [3.05, 3.63) is 47.5 Å². The number of thioether (sulfide) groups is 1. The van der Waals surface area contributed by atoms with E-state index in [2.05, 4.69) is 12.2 Å². The third-order valence-corrected chi connectivity index (χ3v) is 7.42. The molecule has 0 radical (unpaired) electrons. The van der Waals surface area contributed by atoms with Crippen LogP contribution in [0.15, 0.2) is 36.4 Å². The number of halogens is 3. The maximum Gasteiger partial charge on any atom is 0.416 e. The standard InChI is InChI=1S/C25H31F3N2O4S/c1-3-4-5-6-7-8-13-30-21(31)18-19(22(30)32)24(23(33)34,12-14-35-2)29-20(18)16-10-9-11-17(15-16)25(26,27)28/h6-7,9-11,15,18-20,29H,3-5,8,12-14H2,1-2H3,(H,33,34). The molecule has 2 fully saturated rings. The highest BCUT2D eigenvalue weighted by atomic mass is 32.2. The van der Waals surface area contributed by atoms with Gasteiger partial charge in [0.05, 0.1) is 17.4 Å². The Morgan fingerprint density at radius 2 is 1.94 bits per heavy atom. The number of carbonyl (C=O) groups is 3. The highest BCUT2D eigenvalue weighted by Gasteiger charge is 2.68. The molecular weight excluding hydrogens is 481 g/mol. The van der Waals surface area contributed by atoms with Crippen LogP contribution in [0.5, 0.6) is 0 Å². The van der Waals surface area contributed by atoms with E-state index >= 15 is 0 Å². The molecule has 2 aliphatic rings. The highest BCUT2D eigenvalue weighted by Crippen LogP contribution is 2.50. The first kappa shape index (κ1) is 27.3. The fourth-order valence-electron chi connectivity index (χ4n) is 5.04. The van der Waals surface area contributed by atoms with Crippen molar-refractivity contribution in [2.45, 2.75) is 56.8 Å². The van der Waals surface area contributed by atoms with Gasteiger partial charge in [-0.3, -0.25) is 24.6 Å². The van der Waals surface area contributed by atoms with Gasteiger partial charge in [0.2, 0.25) is 11.8 Å². The van der Waals surface area contributed by atoms with Crippen LogP contribution in [-0.2, 0) is 20.6 Å². The van der Waals surface area contributed by atoms with E-state index in [1.54, 1.807) is 6.26 Å². The number of aliphatic carboxylic acids is 1. The number of imide groups is 1. The van der Waals surface area contributed by atoms with Gasteiger partial charge in [0, 0.05) is 12.6 Å². The number of nitrogens with one attached hydrogen (secondary N) is 1. The zero-order valence-corrected chi connectivity index (χ0v) is 20.6. The van der Waals surface area contributed by atoms with Crippen LogP contribution in [0.25, 0.3) is 0 Å². The van der Waals surface area contributed by atoms with Crippen molar-refractivity contribution in [2.24, 2.45) is 11.8 Å². The first-order valence-electron chi connectivity index (χ1n) is 11.8. The molecule has 0 aliphatic carbocycles. The number of unbranched alkanes of at least 4 members (excludes halogenated alkanes) is 2. The molecular formula is C25H31F3N2O4S. The van der Waals surface area contributed by atoms with Gasteiger partial charge < -0.3 is 5.11 Å². The Hall–Kier alpha value is -2.33. The SMILES string of the molecule is CCCCC=CCCN1C(=O)C2C(c3cccc(C(F)(F)F)c3)NC(CCSC)(C(=O)O)C2C1=O. The van der Waals surface area contributed by atoms with Crippen molar-refractivity contribution in [3.63, 3.8) is 0 Å². The number of alkyl halides is 3. The van der Waals surface area contributed by atoms with E-state index in [4.69, 9.17) is 0 Å². The number of carbonyl (C=O) groups excluding carboxylic acids is 2. The Bertz CT molecular complexity index is 984. The predicted octanol–water partition coefficient (Wildman–Crippen LogP) is 4.66. The van der Waals surface area contributed by atoms with Gasteiger partial charge in [-0.05, 0) is 49.0 Å². The molecule has 0 bridgehead atoms. The second-order valence-electron chi connectivity index (χ2n) is 9.00. The molecule has 4 unspecified atom stereocenters. The number of hydrogen-bond donors (Lipinski definition) is 2. The minimum atomic E-state index is -4.59. The van der Waals surface area contributed by atoms with Gasteiger partial charge in [-0.15, -0.1) is 0 Å². The van der Waals surface area contributed by atoms with Crippen LogP contribution >= 0.6 is 11.8 Å². The maximum absolute atomic E-state index is 13.4. The summed E-state index contributed by atoms with van der Waals surface area (Å²) in [6, 6.07) is 3.50. The Balaban J connectivity index is 1.97. The molecule has 0 aromatic heterocycles. The van der Waals surface area contributed by atoms with E-state index in [9.17, 15) is 32.7 Å². The number of nitrogens with zero attached hydrogens (tertiary/aromatic N) is 1. The summed E-state index contributed by atoms with van der Waals surface area (Å²) < 4.78 is 40.1. The molecule has 2 heterocycles. The number of likely N-dealkylation sites (tertiary alicyclic amines) is 1. The van der Waals surface area contributed by atoms with Gasteiger partial charge in [-0.2, -0.15) is 24.9 Å². The van der Waals surface area contributed by atoms with Gasteiger partial charge in [-0.1, -0.05) is 44.1 Å². The van der Waals surface area contributed by atoms with Gasteiger partial charge >= 0.3 is 12.1 Å². The minimum Gasteiger partial charge on any atom is -0.480 e. The first-order valence-corrected chi connectivity index (χ1v) is 13.1. The number of allylic oxidation sites excluding steroid dienone is 1. The lowest BCUT2D eigenvalue weighted by Gasteiger charge is -2.31. The smallest absolute Gasteiger partial charge is 0.416 e. The summed E-state index contributed by atoms with van der Waals surface area (Å²) in [5, 5.41) is 13.2. The lowest BCUT2D eigenvalue weighted by molar-refractivity contribution is -0.151. The number of benzene rings is 1.